The number of nitrogens with zero attached hydrogens (tertiary/aromatic N) is 1. The molecule has 0 radical (unpaired) electrons. The van der Waals surface area contributed by atoms with Crippen LogP contribution in [0.25, 0.3) is 0 Å². The number of hydrogen-bond donors (Lipinski definition) is 1. The molecule has 0 aliphatic carbocycles. The van der Waals surface area contributed by atoms with Crippen LogP contribution in [0.1, 0.15) is 12.8 Å². The van der Waals surface area contributed by atoms with Crippen molar-refractivity contribution in [1.82, 2.24) is 0 Å². The molecule has 2 aromatic rings. The number of ether oxygens (including phenoxy) is 1. The molecule has 7 heteroatoms. The van der Waals surface area contributed by atoms with Crippen molar-refractivity contribution in [2.75, 3.05) is 23.4 Å². The number of anilines is 2. The van der Waals surface area contributed by atoms with Crippen LogP contribution < -0.4 is 15.0 Å². The molecule has 1 fully saturated rings. The summed E-state index contributed by atoms with van der Waals surface area (Å²) in [6.07, 6.45) is 1.34. The predicted octanol–water partition coefficient (Wildman–Crippen LogP) is 3.11. The summed E-state index contributed by atoms with van der Waals surface area (Å²) < 4.78 is 31.1. The molecule has 3 rings (SSSR count). The molecule has 2 aromatic carbocycles. The Labute approximate surface area is 143 Å². The number of carbonyl (C=O) groups is 2. The lowest BCUT2D eigenvalue weighted by atomic mass is 10.2. The Hall–Kier alpha value is -2.96. The lowest BCUT2D eigenvalue weighted by molar-refractivity contribution is -0.118. The zero-order valence-corrected chi connectivity index (χ0v) is 13.3. The van der Waals surface area contributed by atoms with Crippen molar-refractivity contribution >= 4 is 23.2 Å². The molecule has 0 atom stereocenters. The quantitative estimate of drug-likeness (QED) is 0.905. The number of hydrogen-bond acceptors (Lipinski definition) is 3. The molecule has 1 aliphatic heterocycles. The number of halogens is 2. The van der Waals surface area contributed by atoms with E-state index in [4.69, 9.17) is 4.74 Å². The van der Waals surface area contributed by atoms with E-state index in [1.54, 1.807) is 29.2 Å². The van der Waals surface area contributed by atoms with Gasteiger partial charge in [-0.3, -0.25) is 9.59 Å². The van der Waals surface area contributed by atoms with Gasteiger partial charge >= 0.3 is 0 Å². The zero-order valence-electron chi connectivity index (χ0n) is 13.3. The third-order valence-corrected chi connectivity index (χ3v) is 3.78. The van der Waals surface area contributed by atoms with Gasteiger partial charge in [-0.05, 0) is 36.8 Å². The molecule has 2 amide bonds. The fourth-order valence-electron chi connectivity index (χ4n) is 2.59. The van der Waals surface area contributed by atoms with Gasteiger partial charge in [0.2, 0.25) is 5.91 Å². The molecule has 5 nitrogen and oxygen atoms in total. The summed E-state index contributed by atoms with van der Waals surface area (Å²) in [5.41, 5.74) is 1.25. The molecule has 25 heavy (non-hydrogen) atoms. The molecule has 0 unspecified atom stereocenters. The summed E-state index contributed by atoms with van der Waals surface area (Å²) >= 11 is 0. The molecule has 1 heterocycles. The molecule has 130 valence electrons. The van der Waals surface area contributed by atoms with Crippen LogP contribution >= 0.6 is 0 Å². The largest absolute Gasteiger partial charge is 0.484 e. The Morgan fingerprint density at radius 2 is 2.00 bits per heavy atom. The number of carbonyl (C=O) groups excluding carboxylic acids is 2. The van der Waals surface area contributed by atoms with E-state index in [0.29, 0.717) is 18.7 Å². The van der Waals surface area contributed by atoms with Crippen LogP contribution in [0.15, 0.2) is 42.5 Å². The SMILES string of the molecule is O=C(COc1ccc(F)c(F)c1)Nc1cccc(N2CCCC2=O)c1. The summed E-state index contributed by atoms with van der Waals surface area (Å²) in [4.78, 5) is 25.4. The summed E-state index contributed by atoms with van der Waals surface area (Å²) in [6, 6.07) is 9.99. The normalized spacial score (nSPS) is 13.8. The highest BCUT2D eigenvalue weighted by Gasteiger charge is 2.21. The first-order valence-electron chi connectivity index (χ1n) is 7.81. The Morgan fingerprint density at radius 3 is 2.72 bits per heavy atom. The third-order valence-electron chi connectivity index (χ3n) is 3.78. The van der Waals surface area contributed by atoms with E-state index in [-0.39, 0.29) is 18.3 Å². The average molecular weight is 346 g/mol. The fourth-order valence-corrected chi connectivity index (χ4v) is 2.59. The number of amides is 2. The molecule has 1 N–H and O–H groups in total. The van der Waals surface area contributed by atoms with Gasteiger partial charge < -0.3 is 15.0 Å². The molecule has 1 aliphatic rings. The lowest BCUT2D eigenvalue weighted by Crippen LogP contribution is -2.24. The van der Waals surface area contributed by atoms with Crippen LogP contribution in [0.4, 0.5) is 20.2 Å². The van der Waals surface area contributed by atoms with E-state index < -0.39 is 17.5 Å². The van der Waals surface area contributed by atoms with Gasteiger partial charge in [-0.25, -0.2) is 8.78 Å². The first-order valence-corrected chi connectivity index (χ1v) is 7.81. The van der Waals surface area contributed by atoms with Crippen molar-refractivity contribution in [3.8, 4) is 5.75 Å². The smallest absolute Gasteiger partial charge is 0.262 e. The van der Waals surface area contributed by atoms with Crippen LogP contribution in [-0.4, -0.2) is 25.0 Å². The van der Waals surface area contributed by atoms with Crippen LogP contribution in [0.2, 0.25) is 0 Å². The van der Waals surface area contributed by atoms with Gasteiger partial charge in [0, 0.05) is 30.4 Å². The predicted molar refractivity (Wildman–Crippen MR) is 88.5 cm³/mol. The lowest BCUT2D eigenvalue weighted by Gasteiger charge is -2.16. The van der Waals surface area contributed by atoms with Crippen LogP contribution in [0.3, 0.4) is 0 Å². The first-order chi connectivity index (χ1) is 12.0. The molecular formula is C18H16F2N2O3. The highest BCUT2D eigenvalue weighted by Crippen LogP contribution is 2.24. The summed E-state index contributed by atoms with van der Waals surface area (Å²) in [7, 11) is 0. The minimum atomic E-state index is -1.04. The summed E-state index contributed by atoms with van der Waals surface area (Å²) in [5, 5.41) is 2.65. The van der Waals surface area contributed by atoms with Crippen molar-refractivity contribution in [3.05, 3.63) is 54.1 Å². The molecule has 0 saturated carbocycles. The minimum absolute atomic E-state index is 0.0603. The maximum atomic E-state index is 13.1. The average Bonchev–Trinajstić information content (AvgIpc) is 3.02. The summed E-state index contributed by atoms with van der Waals surface area (Å²) in [6.45, 7) is 0.313. The highest BCUT2D eigenvalue weighted by atomic mass is 19.2. The van der Waals surface area contributed by atoms with Gasteiger partial charge in [0.25, 0.3) is 5.91 Å². The topological polar surface area (TPSA) is 58.6 Å². The van der Waals surface area contributed by atoms with E-state index in [9.17, 15) is 18.4 Å². The maximum absolute atomic E-state index is 13.1. The highest BCUT2D eigenvalue weighted by molar-refractivity contribution is 5.97. The molecule has 0 spiro atoms. The van der Waals surface area contributed by atoms with E-state index in [1.807, 2.05) is 0 Å². The molecule has 0 bridgehead atoms. The maximum Gasteiger partial charge on any atom is 0.262 e. The number of nitrogens with one attached hydrogen (secondary N) is 1. The van der Waals surface area contributed by atoms with Crippen molar-refractivity contribution < 1.29 is 23.1 Å². The Balaban J connectivity index is 1.59. The second kappa shape index (κ2) is 7.29. The zero-order chi connectivity index (χ0) is 17.8. The first kappa shape index (κ1) is 16.9. The Bertz CT molecular complexity index is 811. The Morgan fingerprint density at radius 1 is 1.16 bits per heavy atom. The van der Waals surface area contributed by atoms with Crippen molar-refractivity contribution in [2.24, 2.45) is 0 Å². The van der Waals surface area contributed by atoms with Gasteiger partial charge in [0.1, 0.15) is 5.75 Å². The molecule has 1 saturated heterocycles. The van der Waals surface area contributed by atoms with Crippen molar-refractivity contribution in [3.63, 3.8) is 0 Å². The van der Waals surface area contributed by atoms with E-state index in [0.717, 1.165) is 24.2 Å². The summed E-state index contributed by atoms with van der Waals surface area (Å²) in [5.74, 6) is -2.35. The van der Waals surface area contributed by atoms with Crippen molar-refractivity contribution in [2.45, 2.75) is 12.8 Å². The fraction of sp³-hybridized carbons (Fsp3) is 0.222. The van der Waals surface area contributed by atoms with Gasteiger partial charge in [0.05, 0.1) is 0 Å². The number of benzene rings is 2. The van der Waals surface area contributed by atoms with Gasteiger partial charge in [-0.2, -0.15) is 0 Å². The Kier molecular flexibility index (Phi) is 4.92. The number of rotatable bonds is 5. The monoisotopic (exact) mass is 346 g/mol. The second-order valence-corrected chi connectivity index (χ2v) is 5.61. The minimum Gasteiger partial charge on any atom is -0.484 e. The molecular weight excluding hydrogens is 330 g/mol. The standard InChI is InChI=1S/C18H16F2N2O3/c19-15-7-6-14(10-16(15)20)25-11-17(23)21-12-3-1-4-13(9-12)22-8-2-5-18(22)24/h1,3-4,6-7,9-10H,2,5,8,11H2,(H,21,23). The van der Waals surface area contributed by atoms with Gasteiger partial charge in [0.15, 0.2) is 18.2 Å². The van der Waals surface area contributed by atoms with Crippen LogP contribution in [0, 0.1) is 11.6 Å². The van der Waals surface area contributed by atoms with E-state index >= 15 is 0 Å². The van der Waals surface area contributed by atoms with E-state index in [2.05, 4.69) is 5.32 Å². The van der Waals surface area contributed by atoms with Gasteiger partial charge in [-0.15, -0.1) is 0 Å². The van der Waals surface area contributed by atoms with Crippen LogP contribution in [-0.2, 0) is 9.59 Å². The molecule has 0 aromatic heterocycles. The van der Waals surface area contributed by atoms with Gasteiger partial charge in [-0.1, -0.05) is 6.07 Å². The third kappa shape index (κ3) is 4.12. The second-order valence-electron chi connectivity index (χ2n) is 5.61. The van der Waals surface area contributed by atoms with Crippen LogP contribution in [0.5, 0.6) is 5.75 Å². The van der Waals surface area contributed by atoms with Crippen molar-refractivity contribution in [1.29, 1.82) is 0 Å². The van der Waals surface area contributed by atoms with E-state index in [1.165, 1.54) is 6.07 Å².